The standard InChI is InChI=1S/C29H40N4O5/c1-6-10-22(13-14-26(30)34)31-28(36)25(17-21-11-8-7-9-12-21)33-29(37)24(15-18(2)3)32-27(35)23-16-19(4)38-20(23)5/h6-12,16,18,22,24-25H,13-15,17H2,1-5H3,(H2,30,34)(H,31,36)(H,32,35)(H,33,37)/b10-6+/t22-,24+,25+/m1/s1. The molecule has 0 aliphatic heterocycles. The molecular formula is C29H40N4O5. The molecule has 2 aromatic rings. The van der Waals surface area contributed by atoms with E-state index in [9.17, 15) is 19.2 Å². The van der Waals surface area contributed by atoms with Crippen LogP contribution in [-0.4, -0.2) is 41.8 Å². The van der Waals surface area contributed by atoms with Crippen molar-refractivity contribution in [3.05, 3.63) is 71.2 Å². The SMILES string of the molecule is C/C=C/[C@H](CCC(N)=O)NC(=O)[C@H](Cc1ccccc1)NC(=O)[C@H](CC(C)C)NC(=O)c1cc(C)oc1C. The number of rotatable bonds is 14. The molecule has 1 heterocycles. The summed E-state index contributed by atoms with van der Waals surface area (Å²) in [7, 11) is 0. The Morgan fingerprint density at radius 2 is 1.63 bits per heavy atom. The number of hydrogen-bond donors (Lipinski definition) is 4. The number of nitrogens with one attached hydrogen (secondary N) is 3. The van der Waals surface area contributed by atoms with Gasteiger partial charge in [-0.1, -0.05) is 56.3 Å². The highest BCUT2D eigenvalue weighted by Crippen LogP contribution is 2.15. The first-order valence-electron chi connectivity index (χ1n) is 12.9. The molecule has 1 aromatic heterocycles. The Morgan fingerprint density at radius 1 is 0.974 bits per heavy atom. The maximum Gasteiger partial charge on any atom is 0.255 e. The van der Waals surface area contributed by atoms with Gasteiger partial charge in [0.2, 0.25) is 17.7 Å². The lowest BCUT2D eigenvalue weighted by molar-refractivity contribution is -0.130. The van der Waals surface area contributed by atoms with Crippen LogP contribution >= 0.6 is 0 Å². The molecule has 0 aliphatic carbocycles. The van der Waals surface area contributed by atoms with Crippen molar-refractivity contribution in [2.75, 3.05) is 0 Å². The summed E-state index contributed by atoms with van der Waals surface area (Å²) in [4.78, 5) is 51.1. The van der Waals surface area contributed by atoms with E-state index in [0.29, 0.717) is 29.9 Å². The zero-order valence-electron chi connectivity index (χ0n) is 22.9. The number of benzene rings is 1. The Kier molecular flexibility index (Phi) is 11.8. The lowest BCUT2D eigenvalue weighted by Gasteiger charge is -2.25. The largest absolute Gasteiger partial charge is 0.466 e. The normalized spacial score (nSPS) is 13.6. The summed E-state index contributed by atoms with van der Waals surface area (Å²) in [6, 6.07) is 8.79. The predicted molar refractivity (Wildman–Crippen MR) is 146 cm³/mol. The Hall–Kier alpha value is -3.88. The van der Waals surface area contributed by atoms with E-state index >= 15 is 0 Å². The summed E-state index contributed by atoms with van der Waals surface area (Å²) in [5, 5.41) is 8.58. The van der Waals surface area contributed by atoms with Gasteiger partial charge in [0, 0.05) is 18.9 Å². The third kappa shape index (κ3) is 9.88. The fourth-order valence-electron chi connectivity index (χ4n) is 4.16. The van der Waals surface area contributed by atoms with Crippen molar-refractivity contribution in [3.63, 3.8) is 0 Å². The topological polar surface area (TPSA) is 144 Å². The van der Waals surface area contributed by atoms with Gasteiger partial charge >= 0.3 is 0 Å². The van der Waals surface area contributed by atoms with Gasteiger partial charge in [-0.3, -0.25) is 19.2 Å². The molecule has 0 saturated heterocycles. The number of primary amides is 1. The van der Waals surface area contributed by atoms with Crippen molar-refractivity contribution >= 4 is 23.6 Å². The van der Waals surface area contributed by atoms with E-state index in [1.807, 2.05) is 51.1 Å². The molecule has 4 amide bonds. The number of allylic oxidation sites excluding steroid dienone is 1. The van der Waals surface area contributed by atoms with Crippen molar-refractivity contribution in [1.29, 1.82) is 0 Å². The highest BCUT2D eigenvalue weighted by Gasteiger charge is 2.29. The first-order valence-corrected chi connectivity index (χ1v) is 12.9. The monoisotopic (exact) mass is 524 g/mol. The van der Waals surface area contributed by atoms with Crippen molar-refractivity contribution in [3.8, 4) is 0 Å². The number of hydrogen-bond acceptors (Lipinski definition) is 5. The second-order valence-electron chi connectivity index (χ2n) is 9.88. The highest BCUT2D eigenvalue weighted by molar-refractivity contribution is 5.99. The maximum atomic E-state index is 13.5. The Bertz CT molecular complexity index is 1120. The number of amides is 4. The number of aryl methyl sites for hydroxylation is 2. The van der Waals surface area contributed by atoms with Gasteiger partial charge in [0.15, 0.2) is 0 Å². The summed E-state index contributed by atoms with van der Waals surface area (Å²) in [6.07, 6.45) is 4.64. The van der Waals surface area contributed by atoms with Gasteiger partial charge < -0.3 is 26.1 Å². The van der Waals surface area contributed by atoms with Crippen LogP contribution in [0.1, 0.15) is 67.5 Å². The Balaban J connectivity index is 2.25. The summed E-state index contributed by atoms with van der Waals surface area (Å²) in [6.45, 7) is 9.16. The zero-order valence-corrected chi connectivity index (χ0v) is 22.9. The average Bonchev–Trinajstić information content (AvgIpc) is 3.19. The predicted octanol–water partition coefficient (Wildman–Crippen LogP) is 3.09. The second-order valence-corrected chi connectivity index (χ2v) is 9.88. The lowest BCUT2D eigenvalue weighted by atomic mass is 10.00. The van der Waals surface area contributed by atoms with Crippen LogP contribution < -0.4 is 21.7 Å². The molecule has 5 N–H and O–H groups in total. The minimum atomic E-state index is -0.907. The van der Waals surface area contributed by atoms with Gasteiger partial charge in [0.25, 0.3) is 5.91 Å². The molecule has 0 fully saturated rings. The van der Waals surface area contributed by atoms with E-state index < -0.39 is 41.8 Å². The van der Waals surface area contributed by atoms with Crippen LogP contribution in [0.25, 0.3) is 0 Å². The van der Waals surface area contributed by atoms with Crippen molar-refractivity contribution < 1.29 is 23.6 Å². The number of carbonyl (C=O) groups excluding carboxylic acids is 4. The summed E-state index contributed by atoms with van der Waals surface area (Å²) < 4.78 is 5.46. The number of carbonyl (C=O) groups is 4. The number of furan rings is 1. The van der Waals surface area contributed by atoms with E-state index in [2.05, 4.69) is 16.0 Å². The molecule has 0 saturated carbocycles. The summed E-state index contributed by atoms with van der Waals surface area (Å²) in [5.74, 6) is -0.555. The van der Waals surface area contributed by atoms with Gasteiger partial charge in [0.1, 0.15) is 23.6 Å². The first-order chi connectivity index (χ1) is 18.0. The molecule has 2 rings (SSSR count). The van der Waals surface area contributed by atoms with E-state index in [0.717, 1.165) is 5.56 Å². The van der Waals surface area contributed by atoms with Crippen LogP contribution in [0.15, 0.2) is 53.0 Å². The van der Waals surface area contributed by atoms with Gasteiger partial charge in [-0.05, 0) is 51.2 Å². The van der Waals surface area contributed by atoms with E-state index in [1.165, 1.54) is 0 Å². The molecule has 206 valence electrons. The summed E-state index contributed by atoms with van der Waals surface area (Å²) in [5.41, 5.74) is 6.52. The highest BCUT2D eigenvalue weighted by atomic mass is 16.3. The van der Waals surface area contributed by atoms with Crippen LogP contribution in [0.3, 0.4) is 0 Å². The average molecular weight is 525 g/mol. The minimum absolute atomic E-state index is 0.104. The molecule has 0 aliphatic rings. The first kappa shape index (κ1) is 30.3. The van der Waals surface area contributed by atoms with Gasteiger partial charge in [-0.25, -0.2) is 0 Å². The second kappa shape index (κ2) is 14.8. The molecule has 3 atom stereocenters. The van der Waals surface area contributed by atoms with Crippen LogP contribution in [0.5, 0.6) is 0 Å². The van der Waals surface area contributed by atoms with E-state index in [1.54, 1.807) is 32.1 Å². The van der Waals surface area contributed by atoms with Crippen LogP contribution in [0, 0.1) is 19.8 Å². The molecule has 0 radical (unpaired) electrons. The molecule has 0 unspecified atom stereocenters. The number of nitrogens with two attached hydrogens (primary N) is 1. The van der Waals surface area contributed by atoms with Crippen LogP contribution in [0.4, 0.5) is 0 Å². The van der Waals surface area contributed by atoms with E-state index in [4.69, 9.17) is 10.2 Å². The van der Waals surface area contributed by atoms with Crippen LogP contribution in [-0.2, 0) is 20.8 Å². The van der Waals surface area contributed by atoms with Crippen LogP contribution in [0.2, 0.25) is 0 Å². The minimum Gasteiger partial charge on any atom is -0.466 e. The van der Waals surface area contributed by atoms with Gasteiger partial charge in [-0.15, -0.1) is 0 Å². The van der Waals surface area contributed by atoms with Gasteiger partial charge in [0.05, 0.1) is 5.56 Å². The third-order valence-corrected chi connectivity index (χ3v) is 5.98. The zero-order chi connectivity index (χ0) is 28.2. The van der Waals surface area contributed by atoms with Crippen molar-refractivity contribution in [1.82, 2.24) is 16.0 Å². The molecule has 1 aromatic carbocycles. The summed E-state index contributed by atoms with van der Waals surface area (Å²) >= 11 is 0. The molecule has 0 spiro atoms. The molecule has 9 nitrogen and oxygen atoms in total. The maximum absolute atomic E-state index is 13.5. The molecular weight excluding hydrogens is 484 g/mol. The third-order valence-electron chi connectivity index (χ3n) is 5.98. The van der Waals surface area contributed by atoms with Crippen molar-refractivity contribution in [2.45, 2.75) is 78.4 Å². The Labute approximate surface area is 224 Å². The Morgan fingerprint density at radius 3 is 2.18 bits per heavy atom. The van der Waals surface area contributed by atoms with Crippen molar-refractivity contribution in [2.24, 2.45) is 11.7 Å². The molecule has 0 bridgehead atoms. The van der Waals surface area contributed by atoms with Gasteiger partial charge in [-0.2, -0.15) is 0 Å². The lowest BCUT2D eigenvalue weighted by Crippen LogP contribution is -2.55. The fourth-order valence-corrected chi connectivity index (χ4v) is 4.16. The molecule has 9 heteroatoms. The molecule has 38 heavy (non-hydrogen) atoms. The van der Waals surface area contributed by atoms with E-state index in [-0.39, 0.29) is 18.8 Å². The fraction of sp³-hybridized carbons (Fsp3) is 0.448. The smallest absolute Gasteiger partial charge is 0.255 e. The quantitative estimate of drug-likeness (QED) is 0.281.